The number of nitrogens with zero attached hydrogens (tertiary/aromatic N) is 2. The first kappa shape index (κ1) is 14.7. The summed E-state index contributed by atoms with van der Waals surface area (Å²) in [4.78, 5) is 9.98. The highest BCUT2D eigenvalue weighted by molar-refractivity contribution is 14.0. The molecule has 1 fully saturated rings. The highest BCUT2D eigenvalue weighted by Gasteiger charge is 2.21. The van der Waals surface area contributed by atoms with Crippen LogP contribution in [0.1, 0.15) is 29.7 Å². The van der Waals surface area contributed by atoms with Gasteiger partial charge in [-0.25, -0.2) is 9.98 Å². The summed E-state index contributed by atoms with van der Waals surface area (Å²) in [5, 5.41) is 7.75. The molecular weight excluding hydrogens is 347 g/mol. The van der Waals surface area contributed by atoms with Crippen LogP contribution in [0, 0.1) is 6.92 Å². The Bertz CT molecular complexity index is 373. The number of thiazole rings is 1. The fourth-order valence-electron chi connectivity index (χ4n) is 1.38. The lowest BCUT2D eigenvalue weighted by Gasteiger charge is -2.09. The number of aliphatic imine (C=N–C) groups is 1. The van der Waals surface area contributed by atoms with Gasteiger partial charge in [-0.2, -0.15) is 0 Å². The number of aromatic nitrogens is 1. The first-order valence-corrected chi connectivity index (χ1v) is 6.55. The predicted molar refractivity (Wildman–Crippen MR) is 83.2 cm³/mol. The van der Waals surface area contributed by atoms with Crippen molar-refractivity contribution in [1.29, 1.82) is 0 Å². The molecule has 0 spiro atoms. The average molecular weight is 366 g/mol. The number of halogens is 1. The highest BCUT2D eigenvalue weighted by atomic mass is 127. The molecule has 2 N–H and O–H groups in total. The van der Waals surface area contributed by atoms with E-state index < -0.39 is 0 Å². The summed E-state index contributed by atoms with van der Waals surface area (Å²) in [6, 6.07) is 0.640. The van der Waals surface area contributed by atoms with Gasteiger partial charge in [-0.15, -0.1) is 35.3 Å². The number of hydrogen-bond donors (Lipinski definition) is 2. The third-order valence-corrected chi connectivity index (χ3v) is 3.22. The van der Waals surface area contributed by atoms with Gasteiger partial charge in [-0.3, -0.25) is 0 Å². The summed E-state index contributed by atoms with van der Waals surface area (Å²) in [7, 11) is 0. The maximum absolute atomic E-state index is 4.54. The second-order valence-electron chi connectivity index (χ2n) is 3.96. The van der Waals surface area contributed by atoms with E-state index in [0.717, 1.165) is 17.5 Å². The van der Waals surface area contributed by atoms with Gasteiger partial charge in [0.15, 0.2) is 5.96 Å². The molecule has 0 atom stereocenters. The lowest BCUT2D eigenvalue weighted by molar-refractivity contribution is 0.813. The molecular formula is C11H19IN4S. The van der Waals surface area contributed by atoms with E-state index >= 15 is 0 Å². The molecule has 1 aliphatic carbocycles. The Hall–Kier alpha value is -0.370. The van der Waals surface area contributed by atoms with E-state index in [9.17, 15) is 0 Å². The van der Waals surface area contributed by atoms with E-state index in [2.05, 4.69) is 27.5 Å². The van der Waals surface area contributed by atoms with Crippen molar-refractivity contribution < 1.29 is 0 Å². The van der Waals surface area contributed by atoms with Crippen LogP contribution >= 0.6 is 35.3 Å². The second-order valence-corrected chi connectivity index (χ2v) is 5.28. The fraction of sp³-hybridized carbons (Fsp3) is 0.636. The van der Waals surface area contributed by atoms with Crippen LogP contribution in [-0.2, 0) is 6.54 Å². The van der Waals surface area contributed by atoms with Crippen LogP contribution in [0.15, 0.2) is 11.2 Å². The number of guanidine groups is 1. The van der Waals surface area contributed by atoms with E-state index in [4.69, 9.17) is 0 Å². The SMILES string of the molecule is CCNC(=NCc1cnc(C)s1)NC1CC1.I. The molecule has 1 aliphatic rings. The van der Waals surface area contributed by atoms with Gasteiger partial charge < -0.3 is 10.6 Å². The number of aryl methyl sites for hydroxylation is 1. The molecule has 96 valence electrons. The minimum Gasteiger partial charge on any atom is -0.357 e. The molecule has 2 rings (SSSR count). The van der Waals surface area contributed by atoms with E-state index in [0.29, 0.717) is 12.6 Å². The Morgan fingerprint density at radius 3 is 2.88 bits per heavy atom. The summed E-state index contributed by atoms with van der Waals surface area (Å²) >= 11 is 1.71. The number of nitrogens with one attached hydrogen (secondary N) is 2. The molecule has 0 saturated heterocycles. The summed E-state index contributed by atoms with van der Waals surface area (Å²) in [6.07, 6.45) is 4.44. The molecule has 0 bridgehead atoms. The van der Waals surface area contributed by atoms with Crippen molar-refractivity contribution in [3.8, 4) is 0 Å². The third-order valence-electron chi connectivity index (χ3n) is 2.32. The van der Waals surface area contributed by atoms with Crippen molar-refractivity contribution in [2.24, 2.45) is 4.99 Å². The van der Waals surface area contributed by atoms with Crippen LogP contribution in [0.25, 0.3) is 0 Å². The quantitative estimate of drug-likeness (QED) is 0.488. The van der Waals surface area contributed by atoms with Crippen LogP contribution in [0.3, 0.4) is 0 Å². The van der Waals surface area contributed by atoms with Crippen LogP contribution in [-0.4, -0.2) is 23.5 Å². The zero-order valence-electron chi connectivity index (χ0n) is 10.2. The molecule has 0 radical (unpaired) electrons. The minimum atomic E-state index is 0. The normalized spacial score (nSPS) is 15.3. The maximum Gasteiger partial charge on any atom is 0.191 e. The van der Waals surface area contributed by atoms with E-state index in [-0.39, 0.29) is 24.0 Å². The maximum atomic E-state index is 4.54. The van der Waals surface area contributed by atoms with Crippen molar-refractivity contribution in [3.63, 3.8) is 0 Å². The summed E-state index contributed by atoms with van der Waals surface area (Å²) in [5.74, 6) is 0.927. The Morgan fingerprint density at radius 1 is 1.59 bits per heavy atom. The number of hydrogen-bond acceptors (Lipinski definition) is 3. The van der Waals surface area contributed by atoms with Gasteiger partial charge in [-0.1, -0.05) is 0 Å². The predicted octanol–water partition coefficient (Wildman–Crippen LogP) is 2.29. The lowest BCUT2D eigenvalue weighted by Crippen LogP contribution is -2.38. The van der Waals surface area contributed by atoms with Gasteiger partial charge in [0, 0.05) is 23.7 Å². The third kappa shape index (κ3) is 5.20. The molecule has 1 aromatic rings. The van der Waals surface area contributed by atoms with Crippen LogP contribution in [0.5, 0.6) is 0 Å². The van der Waals surface area contributed by atoms with Crippen molar-refractivity contribution in [3.05, 3.63) is 16.1 Å². The molecule has 17 heavy (non-hydrogen) atoms. The Balaban J connectivity index is 0.00000144. The highest BCUT2D eigenvalue weighted by Crippen LogP contribution is 2.18. The zero-order valence-corrected chi connectivity index (χ0v) is 13.3. The van der Waals surface area contributed by atoms with Gasteiger partial charge in [0.25, 0.3) is 0 Å². The van der Waals surface area contributed by atoms with Gasteiger partial charge in [0.2, 0.25) is 0 Å². The van der Waals surface area contributed by atoms with E-state index in [1.165, 1.54) is 17.7 Å². The first-order valence-electron chi connectivity index (χ1n) is 5.74. The van der Waals surface area contributed by atoms with Crippen LogP contribution in [0.2, 0.25) is 0 Å². The van der Waals surface area contributed by atoms with Crippen LogP contribution in [0.4, 0.5) is 0 Å². The van der Waals surface area contributed by atoms with E-state index in [1.54, 1.807) is 11.3 Å². The molecule has 0 amide bonds. The topological polar surface area (TPSA) is 49.3 Å². The minimum absolute atomic E-state index is 0. The van der Waals surface area contributed by atoms with Crippen LogP contribution < -0.4 is 10.6 Å². The fourth-order valence-corrected chi connectivity index (χ4v) is 2.10. The Kier molecular flexibility index (Phi) is 6.18. The first-order chi connectivity index (χ1) is 7.78. The number of rotatable bonds is 4. The van der Waals surface area contributed by atoms with Crippen molar-refractivity contribution in [2.45, 2.75) is 39.3 Å². The molecule has 4 nitrogen and oxygen atoms in total. The molecule has 1 aromatic heterocycles. The molecule has 1 heterocycles. The molecule has 6 heteroatoms. The summed E-state index contributed by atoms with van der Waals surface area (Å²) in [5.41, 5.74) is 0. The molecule has 0 aliphatic heterocycles. The molecule has 0 unspecified atom stereocenters. The van der Waals surface area contributed by atoms with Gasteiger partial charge in [0.05, 0.1) is 11.6 Å². The summed E-state index contributed by atoms with van der Waals surface area (Å²) < 4.78 is 0. The summed E-state index contributed by atoms with van der Waals surface area (Å²) in [6.45, 7) is 5.72. The standard InChI is InChI=1S/C11H18N4S.HI/c1-3-12-11(15-9-4-5-9)14-7-10-6-13-8(2)16-10;/h6,9H,3-5,7H2,1-2H3,(H2,12,14,15);1H. The Labute approximate surface area is 123 Å². The second kappa shape index (κ2) is 7.15. The zero-order chi connectivity index (χ0) is 11.4. The van der Waals surface area contributed by atoms with Crippen molar-refractivity contribution >= 4 is 41.3 Å². The average Bonchev–Trinajstić information content (AvgIpc) is 2.97. The molecule has 1 saturated carbocycles. The van der Waals surface area contributed by atoms with Gasteiger partial charge in [-0.05, 0) is 26.7 Å². The largest absolute Gasteiger partial charge is 0.357 e. The van der Waals surface area contributed by atoms with Crippen molar-refractivity contribution in [1.82, 2.24) is 15.6 Å². The Morgan fingerprint density at radius 2 is 2.35 bits per heavy atom. The smallest absolute Gasteiger partial charge is 0.191 e. The van der Waals surface area contributed by atoms with E-state index in [1.807, 2.05) is 13.1 Å². The van der Waals surface area contributed by atoms with Gasteiger partial charge in [0.1, 0.15) is 0 Å². The molecule has 0 aromatic carbocycles. The van der Waals surface area contributed by atoms with Gasteiger partial charge >= 0.3 is 0 Å². The van der Waals surface area contributed by atoms with Crippen molar-refractivity contribution in [2.75, 3.05) is 6.54 Å². The monoisotopic (exact) mass is 366 g/mol. The lowest BCUT2D eigenvalue weighted by atomic mass is 10.5.